The van der Waals surface area contributed by atoms with Gasteiger partial charge in [0.25, 0.3) is 0 Å². The minimum absolute atomic E-state index is 0.240. The SMILES string of the molecule is COc1cc(C(=O)C=Cc2c(-c3ccc(F)cc3)nc3sc(C)cn23)cc(OC)c1OC. The predicted octanol–water partition coefficient (Wildman–Crippen LogP) is 5.43. The first-order valence-corrected chi connectivity index (χ1v) is 10.5. The first-order valence-electron chi connectivity index (χ1n) is 9.72. The summed E-state index contributed by atoms with van der Waals surface area (Å²) in [6.45, 7) is 1.99. The Bertz CT molecular complexity index is 1300. The molecular formula is C24H21FN2O4S. The van der Waals surface area contributed by atoms with Crippen molar-refractivity contribution >= 4 is 28.2 Å². The quantitative estimate of drug-likeness (QED) is 0.276. The average molecular weight is 453 g/mol. The number of ketones is 1. The Balaban J connectivity index is 1.76. The van der Waals surface area contributed by atoms with E-state index in [2.05, 4.69) is 0 Å². The number of imidazole rings is 1. The number of allylic oxidation sites excluding steroid dienone is 1. The van der Waals surface area contributed by atoms with Crippen molar-refractivity contribution in [2.45, 2.75) is 6.92 Å². The van der Waals surface area contributed by atoms with Crippen LogP contribution in [0, 0.1) is 12.7 Å². The number of aryl methyl sites for hydroxylation is 1. The zero-order chi connectivity index (χ0) is 22.8. The van der Waals surface area contributed by atoms with E-state index < -0.39 is 0 Å². The molecule has 6 nitrogen and oxygen atoms in total. The van der Waals surface area contributed by atoms with Gasteiger partial charge in [-0.3, -0.25) is 9.20 Å². The van der Waals surface area contributed by atoms with Crippen molar-refractivity contribution in [3.63, 3.8) is 0 Å². The molecule has 0 fully saturated rings. The average Bonchev–Trinajstić information content (AvgIpc) is 3.32. The normalized spacial score (nSPS) is 11.3. The number of hydrogen-bond donors (Lipinski definition) is 0. The second-order valence-corrected chi connectivity index (χ2v) is 8.17. The number of thiazole rings is 1. The van der Waals surface area contributed by atoms with Crippen molar-refractivity contribution in [3.8, 4) is 28.5 Å². The van der Waals surface area contributed by atoms with Crippen LogP contribution in [0.5, 0.6) is 17.2 Å². The topological polar surface area (TPSA) is 62.1 Å². The number of carbonyl (C=O) groups is 1. The van der Waals surface area contributed by atoms with Crippen molar-refractivity contribution < 1.29 is 23.4 Å². The number of hydrogen-bond acceptors (Lipinski definition) is 6. The Hall–Kier alpha value is -3.65. The van der Waals surface area contributed by atoms with Gasteiger partial charge in [0.05, 0.1) is 32.7 Å². The minimum Gasteiger partial charge on any atom is -0.493 e. The first kappa shape index (κ1) is 21.6. The number of ether oxygens (including phenoxy) is 3. The number of carbonyl (C=O) groups excluding carboxylic acids is 1. The molecule has 0 radical (unpaired) electrons. The van der Waals surface area contributed by atoms with E-state index in [1.54, 1.807) is 41.7 Å². The first-order chi connectivity index (χ1) is 15.4. The fourth-order valence-electron chi connectivity index (χ4n) is 3.43. The summed E-state index contributed by atoms with van der Waals surface area (Å²) in [4.78, 5) is 19.6. The molecule has 0 aliphatic heterocycles. The smallest absolute Gasteiger partial charge is 0.203 e. The Morgan fingerprint density at radius 2 is 1.72 bits per heavy atom. The van der Waals surface area contributed by atoms with Crippen LogP contribution in [0.2, 0.25) is 0 Å². The lowest BCUT2D eigenvalue weighted by atomic mass is 10.1. The van der Waals surface area contributed by atoms with Gasteiger partial charge < -0.3 is 14.2 Å². The van der Waals surface area contributed by atoms with Gasteiger partial charge in [-0.25, -0.2) is 9.37 Å². The summed E-state index contributed by atoms with van der Waals surface area (Å²) in [5.41, 5.74) is 2.56. The summed E-state index contributed by atoms with van der Waals surface area (Å²) in [7, 11) is 4.50. The minimum atomic E-state index is -0.319. The summed E-state index contributed by atoms with van der Waals surface area (Å²) < 4.78 is 31.3. The van der Waals surface area contributed by atoms with Crippen molar-refractivity contribution in [1.29, 1.82) is 0 Å². The van der Waals surface area contributed by atoms with Crippen molar-refractivity contribution in [2.24, 2.45) is 0 Å². The zero-order valence-corrected chi connectivity index (χ0v) is 18.8. The Kier molecular flexibility index (Phi) is 5.96. The number of rotatable bonds is 7. The van der Waals surface area contributed by atoms with Crippen LogP contribution in [0.25, 0.3) is 22.3 Å². The fourth-order valence-corrected chi connectivity index (χ4v) is 4.26. The molecular weight excluding hydrogens is 431 g/mol. The molecule has 164 valence electrons. The van der Waals surface area contributed by atoms with Crippen LogP contribution >= 0.6 is 11.3 Å². The van der Waals surface area contributed by atoms with Gasteiger partial charge in [0, 0.05) is 22.2 Å². The van der Waals surface area contributed by atoms with E-state index in [-0.39, 0.29) is 11.6 Å². The molecule has 0 aliphatic carbocycles. The molecule has 4 rings (SSSR count). The van der Waals surface area contributed by atoms with Gasteiger partial charge in [-0.15, -0.1) is 11.3 Å². The molecule has 0 saturated carbocycles. The molecule has 0 amide bonds. The van der Waals surface area contributed by atoms with Gasteiger partial charge in [0.2, 0.25) is 5.75 Å². The molecule has 0 spiro atoms. The summed E-state index contributed by atoms with van der Waals surface area (Å²) in [5, 5.41) is 0. The molecule has 4 aromatic rings. The molecule has 0 aliphatic rings. The van der Waals surface area contributed by atoms with Gasteiger partial charge in [-0.2, -0.15) is 0 Å². The van der Waals surface area contributed by atoms with E-state index in [9.17, 15) is 9.18 Å². The Morgan fingerprint density at radius 1 is 1.06 bits per heavy atom. The Morgan fingerprint density at radius 3 is 2.31 bits per heavy atom. The predicted molar refractivity (Wildman–Crippen MR) is 123 cm³/mol. The number of halogens is 1. The lowest BCUT2D eigenvalue weighted by Crippen LogP contribution is -2.00. The van der Waals surface area contributed by atoms with E-state index in [4.69, 9.17) is 19.2 Å². The highest BCUT2D eigenvalue weighted by Gasteiger charge is 2.17. The van der Waals surface area contributed by atoms with Crippen LogP contribution in [0.3, 0.4) is 0 Å². The molecule has 0 unspecified atom stereocenters. The van der Waals surface area contributed by atoms with Crippen molar-refractivity contribution in [3.05, 3.63) is 70.6 Å². The van der Waals surface area contributed by atoms with E-state index in [1.807, 2.05) is 17.5 Å². The third kappa shape index (κ3) is 3.97. The molecule has 0 atom stereocenters. The maximum atomic E-state index is 13.4. The third-order valence-electron chi connectivity index (χ3n) is 4.94. The van der Waals surface area contributed by atoms with E-state index in [0.717, 1.165) is 21.1 Å². The lowest BCUT2D eigenvalue weighted by Gasteiger charge is -2.13. The summed E-state index contributed by atoms with van der Waals surface area (Å²) in [5.74, 6) is 0.656. The second kappa shape index (κ2) is 8.84. The molecule has 0 N–H and O–H groups in total. The highest BCUT2D eigenvalue weighted by Crippen LogP contribution is 2.38. The van der Waals surface area contributed by atoms with Gasteiger partial charge in [-0.1, -0.05) is 0 Å². The summed E-state index contributed by atoms with van der Waals surface area (Å²) in [6, 6.07) is 9.34. The summed E-state index contributed by atoms with van der Waals surface area (Å²) >= 11 is 1.54. The molecule has 32 heavy (non-hydrogen) atoms. The summed E-state index contributed by atoms with van der Waals surface area (Å²) in [6.07, 6.45) is 5.16. The van der Waals surface area contributed by atoms with Gasteiger partial charge >= 0.3 is 0 Å². The fraction of sp³-hybridized carbons (Fsp3) is 0.167. The van der Waals surface area contributed by atoms with Gasteiger partial charge in [-0.05, 0) is 55.5 Å². The monoisotopic (exact) mass is 452 g/mol. The van der Waals surface area contributed by atoms with Crippen LogP contribution in [0.4, 0.5) is 4.39 Å². The Labute approximate surface area is 188 Å². The van der Waals surface area contributed by atoms with E-state index >= 15 is 0 Å². The van der Waals surface area contributed by atoms with Crippen LogP contribution in [0.1, 0.15) is 20.9 Å². The molecule has 0 saturated heterocycles. The molecule has 2 aromatic carbocycles. The number of aromatic nitrogens is 2. The van der Waals surface area contributed by atoms with Gasteiger partial charge in [0.15, 0.2) is 22.2 Å². The van der Waals surface area contributed by atoms with Crippen LogP contribution in [-0.2, 0) is 0 Å². The standard InChI is InChI=1S/C24H21FN2O4S/c1-14-13-27-18(22(26-24(27)32-14)15-5-7-17(25)8-6-15)9-10-19(28)16-11-20(29-2)23(31-4)21(12-16)30-3/h5-13H,1-4H3. The van der Waals surface area contributed by atoms with Crippen LogP contribution in [0.15, 0.2) is 48.7 Å². The number of fused-ring (bicyclic) bond motifs is 1. The maximum Gasteiger partial charge on any atom is 0.203 e. The zero-order valence-electron chi connectivity index (χ0n) is 18.0. The number of benzene rings is 2. The molecule has 0 bridgehead atoms. The molecule has 2 heterocycles. The number of methoxy groups -OCH3 is 3. The van der Waals surface area contributed by atoms with Crippen LogP contribution < -0.4 is 14.2 Å². The highest BCUT2D eigenvalue weighted by molar-refractivity contribution is 7.17. The number of nitrogens with zero attached hydrogens (tertiary/aromatic N) is 2. The highest BCUT2D eigenvalue weighted by atomic mass is 32.1. The van der Waals surface area contributed by atoms with E-state index in [1.165, 1.54) is 39.5 Å². The van der Waals surface area contributed by atoms with E-state index in [0.29, 0.717) is 28.5 Å². The lowest BCUT2D eigenvalue weighted by molar-refractivity contribution is 0.104. The molecule has 8 heteroatoms. The van der Waals surface area contributed by atoms with Crippen LogP contribution in [-0.4, -0.2) is 36.5 Å². The van der Waals surface area contributed by atoms with Gasteiger partial charge in [0.1, 0.15) is 5.82 Å². The maximum absolute atomic E-state index is 13.4. The van der Waals surface area contributed by atoms with Crippen molar-refractivity contribution in [2.75, 3.05) is 21.3 Å². The molecule has 2 aromatic heterocycles. The second-order valence-electron chi connectivity index (χ2n) is 6.96. The van der Waals surface area contributed by atoms with Crippen molar-refractivity contribution in [1.82, 2.24) is 9.38 Å². The largest absolute Gasteiger partial charge is 0.493 e. The third-order valence-corrected chi connectivity index (χ3v) is 5.84.